The zero-order valence-electron chi connectivity index (χ0n) is 16.6. The molecule has 0 aliphatic heterocycles. The highest BCUT2D eigenvalue weighted by molar-refractivity contribution is 5.95. The molecule has 0 saturated heterocycles. The third kappa shape index (κ3) is 4.57. The fourth-order valence-corrected chi connectivity index (χ4v) is 2.83. The summed E-state index contributed by atoms with van der Waals surface area (Å²) in [4.78, 5) is 12.7. The van der Waals surface area contributed by atoms with Gasteiger partial charge in [-0.15, -0.1) is 0 Å². The number of aromatic hydroxyl groups is 1. The summed E-state index contributed by atoms with van der Waals surface area (Å²) in [5.74, 6) is 0.123. The van der Waals surface area contributed by atoms with Gasteiger partial charge in [0.1, 0.15) is 5.75 Å². The molecule has 4 N–H and O–H groups in total. The summed E-state index contributed by atoms with van der Waals surface area (Å²) in [6, 6.07) is 11.0. The van der Waals surface area contributed by atoms with Gasteiger partial charge in [0.2, 0.25) is 0 Å². The van der Waals surface area contributed by atoms with Crippen molar-refractivity contribution < 1.29 is 9.90 Å². The minimum absolute atomic E-state index is 0.155. The van der Waals surface area contributed by atoms with Crippen LogP contribution in [0.3, 0.4) is 0 Å². The number of amides is 1. The van der Waals surface area contributed by atoms with E-state index in [2.05, 4.69) is 5.32 Å². The van der Waals surface area contributed by atoms with Crippen molar-refractivity contribution in [1.29, 1.82) is 0 Å². The lowest BCUT2D eigenvalue weighted by Crippen LogP contribution is -2.25. The molecule has 0 aromatic heterocycles. The van der Waals surface area contributed by atoms with Gasteiger partial charge in [-0.1, -0.05) is 53.7 Å². The standard InChI is InChI=1S/C22H30N2O2/c1-21(2,3)17-11-15(12-18(19(17)25)22(4,5)6)20(26)24-13-14-7-9-16(23)10-8-14/h7-12,25H,13,23H2,1-6H3,(H,24,26). The van der Waals surface area contributed by atoms with Gasteiger partial charge in [0.05, 0.1) is 0 Å². The highest BCUT2D eigenvalue weighted by Crippen LogP contribution is 2.39. The topological polar surface area (TPSA) is 75.4 Å². The maximum absolute atomic E-state index is 12.7. The number of nitrogens with two attached hydrogens (primary N) is 1. The van der Waals surface area contributed by atoms with Crippen LogP contribution in [0.1, 0.15) is 68.6 Å². The van der Waals surface area contributed by atoms with Crippen LogP contribution >= 0.6 is 0 Å². The first-order valence-corrected chi connectivity index (χ1v) is 8.90. The van der Waals surface area contributed by atoms with Crippen LogP contribution in [0.4, 0.5) is 5.69 Å². The second kappa shape index (κ2) is 7.02. The molecule has 140 valence electrons. The summed E-state index contributed by atoms with van der Waals surface area (Å²) in [5, 5.41) is 13.7. The normalized spacial score (nSPS) is 12.1. The predicted molar refractivity (Wildman–Crippen MR) is 108 cm³/mol. The lowest BCUT2D eigenvalue weighted by Gasteiger charge is -2.28. The number of nitrogen functional groups attached to an aromatic ring is 1. The number of hydrogen-bond donors (Lipinski definition) is 3. The Balaban J connectivity index is 2.35. The van der Waals surface area contributed by atoms with E-state index in [1.165, 1.54) is 0 Å². The number of phenolic OH excluding ortho intramolecular Hbond substituents is 1. The van der Waals surface area contributed by atoms with Crippen molar-refractivity contribution in [3.05, 3.63) is 58.7 Å². The molecule has 2 rings (SSSR count). The van der Waals surface area contributed by atoms with Crippen LogP contribution in [0, 0.1) is 0 Å². The molecule has 2 aromatic carbocycles. The van der Waals surface area contributed by atoms with Gasteiger partial charge in [0, 0.05) is 28.9 Å². The molecule has 0 heterocycles. The van der Waals surface area contributed by atoms with Crippen LogP contribution in [0.25, 0.3) is 0 Å². The first-order chi connectivity index (χ1) is 11.9. The van der Waals surface area contributed by atoms with Gasteiger partial charge in [-0.3, -0.25) is 4.79 Å². The first kappa shape index (κ1) is 19.8. The average molecular weight is 354 g/mol. The molecule has 0 spiro atoms. The molecule has 26 heavy (non-hydrogen) atoms. The van der Waals surface area contributed by atoms with Crippen molar-refractivity contribution in [2.45, 2.75) is 58.9 Å². The van der Waals surface area contributed by atoms with E-state index < -0.39 is 0 Å². The van der Waals surface area contributed by atoms with E-state index in [9.17, 15) is 9.90 Å². The number of rotatable bonds is 3. The monoisotopic (exact) mass is 354 g/mol. The van der Waals surface area contributed by atoms with Crippen molar-refractivity contribution in [3.63, 3.8) is 0 Å². The third-order valence-corrected chi connectivity index (χ3v) is 4.42. The summed E-state index contributed by atoms with van der Waals surface area (Å²) in [5.41, 5.74) is 8.96. The number of carbonyl (C=O) groups is 1. The molecular weight excluding hydrogens is 324 g/mol. The van der Waals surface area contributed by atoms with Gasteiger partial charge in [-0.05, 0) is 40.7 Å². The van der Waals surface area contributed by atoms with E-state index in [0.717, 1.165) is 16.7 Å². The number of hydrogen-bond acceptors (Lipinski definition) is 3. The molecule has 0 atom stereocenters. The molecule has 0 aliphatic carbocycles. The highest BCUT2D eigenvalue weighted by atomic mass is 16.3. The Hall–Kier alpha value is -2.49. The highest BCUT2D eigenvalue weighted by Gasteiger charge is 2.27. The minimum Gasteiger partial charge on any atom is -0.507 e. The van der Waals surface area contributed by atoms with E-state index in [4.69, 9.17) is 5.73 Å². The van der Waals surface area contributed by atoms with Crippen LogP contribution in [0.2, 0.25) is 0 Å². The molecule has 1 amide bonds. The smallest absolute Gasteiger partial charge is 0.251 e. The fraction of sp³-hybridized carbons (Fsp3) is 0.409. The predicted octanol–water partition coefficient (Wildman–Crippen LogP) is 4.50. The van der Waals surface area contributed by atoms with Crippen LogP contribution in [-0.2, 0) is 17.4 Å². The zero-order valence-corrected chi connectivity index (χ0v) is 16.6. The second-order valence-electron chi connectivity index (χ2n) is 8.84. The summed E-state index contributed by atoms with van der Waals surface area (Å²) < 4.78 is 0. The number of phenols is 1. The van der Waals surface area contributed by atoms with Gasteiger partial charge < -0.3 is 16.2 Å². The second-order valence-corrected chi connectivity index (χ2v) is 8.84. The lowest BCUT2D eigenvalue weighted by molar-refractivity contribution is 0.0950. The van der Waals surface area contributed by atoms with Crippen LogP contribution in [0.5, 0.6) is 5.75 Å². The molecule has 0 unspecified atom stereocenters. The molecule has 2 aromatic rings. The molecule has 0 radical (unpaired) electrons. The summed E-state index contributed by atoms with van der Waals surface area (Å²) >= 11 is 0. The molecule has 0 aliphatic rings. The molecule has 0 fully saturated rings. The van der Waals surface area contributed by atoms with Gasteiger partial charge in [0.25, 0.3) is 5.91 Å². The Labute approximate surface area is 156 Å². The van der Waals surface area contributed by atoms with Crippen molar-refractivity contribution in [2.75, 3.05) is 5.73 Å². The third-order valence-electron chi connectivity index (χ3n) is 4.42. The molecule has 0 saturated carbocycles. The first-order valence-electron chi connectivity index (χ1n) is 8.90. The molecule has 4 nitrogen and oxygen atoms in total. The summed E-state index contributed by atoms with van der Waals surface area (Å²) in [7, 11) is 0. The van der Waals surface area contributed by atoms with Crippen molar-refractivity contribution in [2.24, 2.45) is 0 Å². The van der Waals surface area contributed by atoms with Gasteiger partial charge >= 0.3 is 0 Å². The lowest BCUT2D eigenvalue weighted by atomic mass is 9.78. The van der Waals surface area contributed by atoms with Crippen molar-refractivity contribution in [3.8, 4) is 5.75 Å². The number of benzene rings is 2. The fourth-order valence-electron chi connectivity index (χ4n) is 2.83. The maximum Gasteiger partial charge on any atom is 0.251 e. The zero-order chi connectivity index (χ0) is 19.7. The maximum atomic E-state index is 12.7. The van der Waals surface area contributed by atoms with Crippen molar-refractivity contribution >= 4 is 11.6 Å². The average Bonchev–Trinajstić information content (AvgIpc) is 2.52. The van der Waals surface area contributed by atoms with Gasteiger partial charge in [-0.25, -0.2) is 0 Å². The molecule has 4 heteroatoms. The Morgan fingerprint density at radius 1 is 0.962 bits per heavy atom. The summed E-state index contributed by atoms with van der Waals surface area (Å²) in [6.07, 6.45) is 0. The Morgan fingerprint density at radius 3 is 1.85 bits per heavy atom. The van der Waals surface area contributed by atoms with Gasteiger partial charge in [-0.2, -0.15) is 0 Å². The van der Waals surface area contributed by atoms with E-state index in [0.29, 0.717) is 17.8 Å². The minimum atomic E-state index is -0.267. The van der Waals surface area contributed by atoms with E-state index in [1.54, 1.807) is 12.1 Å². The van der Waals surface area contributed by atoms with E-state index >= 15 is 0 Å². The van der Waals surface area contributed by atoms with E-state index in [1.807, 2.05) is 65.8 Å². The van der Waals surface area contributed by atoms with Crippen LogP contribution in [-0.4, -0.2) is 11.0 Å². The molecular formula is C22H30N2O2. The quantitative estimate of drug-likeness (QED) is 0.710. The Morgan fingerprint density at radius 2 is 1.42 bits per heavy atom. The Bertz CT molecular complexity index is 759. The van der Waals surface area contributed by atoms with Crippen molar-refractivity contribution in [1.82, 2.24) is 5.32 Å². The largest absolute Gasteiger partial charge is 0.507 e. The van der Waals surface area contributed by atoms with Crippen LogP contribution < -0.4 is 11.1 Å². The number of anilines is 1. The van der Waals surface area contributed by atoms with Crippen LogP contribution in [0.15, 0.2) is 36.4 Å². The number of nitrogens with one attached hydrogen (secondary N) is 1. The summed E-state index contributed by atoms with van der Waals surface area (Å²) in [6.45, 7) is 12.6. The molecule has 0 bridgehead atoms. The Kier molecular flexibility index (Phi) is 5.36. The number of carbonyl (C=O) groups excluding carboxylic acids is 1. The van der Waals surface area contributed by atoms with Gasteiger partial charge in [0.15, 0.2) is 0 Å². The van der Waals surface area contributed by atoms with E-state index in [-0.39, 0.29) is 22.5 Å². The SMILES string of the molecule is CC(C)(C)c1cc(C(=O)NCc2ccc(N)cc2)cc(C(C)(C)C)c1O.